The summed E-state index contributed by atoms with van der Waals surface area (Å²) in [6, 6.07) is 23.9. The molecule has 4 nitrogen and oxygen atoms in total. The zero-order valence-electron chi connectivity index (χ0n) is 18.5. The van der Waals surface area contributed by atoms with Crippen LogP contribution in [0.1, 0.15) is 27.7 Å². The molecule has 30 heavy (non-hydrogen) atoms. The minimum atomic E-state index is 0.987. The van der Waals surface area contributed by atoms with Crippen LogP contribution in [0.5, 0.6) is 0 Å². The van der Waals surface area contributed by atoms with Gasteiger partial charge in [-0.3, -0.25) is 0 Å². The molecule has 4 rings (SSSR count). The van der Waals surface area contributed by atoms with E-state index in [-0.39, 0.29) is 0 Å². The van der Waals surface area contributed by atoms with Crippen molar-refractivity contribution in [2.45, 2.75) is 27.7 Å². The maximum absolute atomic E-state index is 5.01. The second-order valence-corrected chi connectivity index (χ2v) is 7.47. The summed E-state index contributed by atoms with van der Waals surface area (Å²) < 4.78 is 2.36. The predicted octanol–water partition coefficient (Wildman–Crippen LogP) is 5.36. The van der Waals surface area contributed by atoms with Crippen LogP contribution in [-0.2, 0) is 0 Å². The second-order valence-electron chi connectivity index (χ2n) is 7.47. The fraction of sp³-hybridized carbons (Fsp3) is 0.308. The van der Waals surface area contributed by atoms with Crippen molar-refractivity contribution < 1.29 is 4.57 Å². The van der Waals surface area contributed by atoms with Gasteiger partial charge in [0.05, 0.1) is 0 Å². The van der Waals surface area contributed by atoms with Crippen LogP contribution < -0.4 is 14.4 Å². The minimum Gasteiger partial charge on any atom is -0.372 e. The monoisotopic (exact) mass is 399 g/mol. The maximum atomic E-state index is 5.01. The molecule has 0 spiro atoms. The van der Waals surface area contributed by atoms with Gasteiger partial charge in [0.1, 0.15) is 11.0 Å². The normalized spacial score (nSPS) is 11.2. The van der Waals surface area contributed by atoms with E-state index in [0.29, 0.717) is 0 Å². The summed E-state index contributed by atoms with van der Waals surface area (Å²) in [5, 5.41) is 0. The molecule has 154 valence electrons. The van der Waals surface area contributed by atoms with Crippen LogP contribution in [-0.4, -0.2) is 31.2 Å². The van der Waals surface area contributed by atoms with Gasteiger partial charge in [-0.15, -0.1) is 4.57 Å². The van der Waals surface area contributed by atoms with Gasteiger partial charge in [0.2, 0.25) is 16.7 Å². The molecule has 0 bridgehead atoms. The molecule has 4 aromatic rings. The molecule has 0 N–H and O–H groups in total. The van der Waals surface area contributed by atoms with Gasteiger partial charge in [0.15, 0.2) is 0 Å². The van der Waals surface area contributed by atoms with Gasteiger partial charge in [-0.25, -0.2) is 4.98 Å². The molecule has 0 saturated carbocycles. The Morgan fingerprint density at radius 3 is 1.53 bits per heavy atom. The lowest BCUT2D eigenvalue weighted by molar-refractivity contribution is -0.538. The number of nitrogens with zero attached hydrogens (tertiary/aromatic N) is 4. The number of aromatic nitrogens is 2. The molecule has 0 aliphatic heterocycles. The van der Waals surface area contributed by atoms with Crippen LogP contribution in [0.25, 0.3) is 27.8 Å². The van der Waals surface area contributed by atoms with Gasteiger partial charge >= 0.3 is 0 Å². The summed E-state index contributed by atoms with van der Waals surface area (Å²) in [6.45, 7) is 12.8. The molecule has 3 aromatic carbocycles. The van der Waals surface area contributed by atoms with Crippen molar-refractivity contribution in [2.24, 2.45) is 0 Å². The van der Waals surface area contributed by atoms with Crippen molar-refractivity contribution in [3.05, 3.63) is 66.7 Å². The van der Waals surface area contributed by atoms with Crippen LogP contribution in [0, 0.1) is 0 Å². The summed E-state index contributed by atoms with van der Waals surface area (Å²) in [5.41, 5.74) is 7.92. The van der Waals surface area contributed by atoms with E-state index < -0.39 is 0 Å². The molecule has 0 amide bonds. The van der Waals surface area contributed by atoms with E-state index in [4.69, 9.17) is 4.98 Å². The van der Waals surface area contributed by atoms with Gasteiger partial charge in [-0.2, -0.15) is 0 Å². The summed E-state index contributed by atoms with van der Waals surface area (Å²) >= 11 is 0. The van der Waals surface area contributed by atoms with Crippen LogP contribution >= 0.6 is 0 Å². The average molecular weight is 400 g/mol. The van der Waals surface area contributed by atoms with Crippen molar-refractivity contribution in [3.63, 3.8) is 0 Å². The molecule has 0 fully saturated rings. The molecular formula is C26H31N4+. The Labute approximate surface area is 179 Å². The van der Waals surface area contributed by atoms with Crippen molar-refractivity contribution in [3.8, 4) is 5.69 Å². The van der Waals surface area contributed by atoms with E-state index in [0.717, 1.165) is 53.9 Å². The second kappa shape index (κ2) is 8.70. The van der Waals surface area contributed by atoms with E-state index in [9.17, 15) is 0 Å². The van der Waals surface area contributed by atoms with Crippen LogP contribution in [0.3, 0.4) is 0 Å². The van der Waals surface area contributed by atoms with Crippen molar-refractivity contribution in [2.75, 3.05) is 36.0 Å². The Morgan fingerprint density at radius 2 is 1.10 bits per heavy atom. The molecule has 0 atom stereocenters. The van der Waals surface area contributed by atoms with Crippen molar-refractivity contribution in [1.29, 1.82) is 0 Å². The standard InChI is InChI=1S/C26H31N4/c1-5-28(6-2)21-14-16-23-25(18-21)30(20-12-10-9-11-13-20)26-19-22(29(7-3)8-4)15-17-24(26)27-23/h9-19H,5-8H2,1-4H3/q+1. The van der Waals surface area contributed by atoms with E-state index in [2.05, 4.69) is 109 Å². The van der Waals surface area contributed by atoms with Crippen LogP contribution in [0.2, 0.25) is 0 Å². The number of para-hydroxylation sites is 1. The number of hydrogen-bond donors (Lipinski definition) is 0. The third kappa shape index (κ3) is 3.58. The van der Waals surface area contributed by atoms with E-state index >= 15 is 0 Å². The third-order valence-corrected chi connectivity index (χ3v) is 5.91. The highest BCUT2D eigenvalue weighted by atomic mass is 15.1. The number of hydrogen-bond acceptors (Lipinski definition) is 3. The lowest BCUT2D eigenvalue weighted by Gasteiger charge is -2.21. The lowest BCUT2D eigenvalue weighted by Crippen LogP contribution is -2.34. The molecule has 0 unspecified atom stereocenters. The molecule has 0 radical (unpaired) electrons. The highest BCUT2D eigenvalue weighted by molar-refractivity contribution is 5.86. The maximum Gasteiger partial charge on any atom is 0.239 e. The number of benzene rings is 3. The molecule has 0 saturated heterocycles. The van der Waals surface area contributed by atoms with E-state index in [1.807, 2.05) is 0 Å². The Morgan fingerprint density at radius 1 is 0.633 bits per heavy atom. The fourth-order valence-electron chi connectivity index (χ4n) is 4.26. The third-order valence-electron chi connectivity index (χ3n) is 5.91. The molecule has 0 aliphatic carbocycles. The Kier molecular flexibility index (Phi) is 5.84. The zero-order chi connectivity index (χ0) is 21.1. The number of rotatable bonds is 7. The van der Waals surface area contributed by atoms with Crippen LogP contribution in [0.4, 0.5) is 11.4 Å². The van der Waals surface area contributed by atoms with Crippen molar-refractivity contribution >= 4 is 33.4 Å². The molecule has 0 aliphatic rings. The lowest BCUT2D eigenvalue weighted by atomic mass is 10.1. The van der Waals surface area contributed by atoms with Gasteiger partial charge in [-0.1, -0.05) is 18.2 Å². The zero-order valence-corrected chi connectivity index (χ0v) is 18.5. The van der Waals surface area contributed by atoms with E-state index in [1.165, 1.54) is 11.4 Å². The minimum absolute atomic E-state index is 0.987. The van der Waals surface area contributed by atoms with Gasteiger partial charge in [-0.05, 0) is 52.0 Å². The van der Waals surface area contributed by atoms with Crippen molar-refractivity contribution in [1.82, 2.24) is 4.98 Å². The predicted molar refractivity (Wildman–Crippen MR) is 128 cm³/mol. The summed E-state index contributed by atoms with van der Waals surface area (Å²) in [7, 11) is 0. The molecule has 1 heterocycles. The van der Waals surface area contributed by atoms with Gasteiger partial charge in [0.25, 0.3) is 0 Å². The number of fused-ring (bicyclic) bond motifs is 2. The Hall–Kier alpha value is -3.14. The Bertz CT molecular complexity index is 1080. The molecular weight excluding hydrogens is 368 g/mol. The molecule has 1 aromatic heterocycles. The first-order chi connectivity index (χ1) is 14.7. The first-order valence-electron chi connectivity index (χ1n) is 11.0. The molecule has 4 heteroatoms. The largest absolute Gasteiger partial charge is 0.372 e. The summed E-state index contributed by atoms with van der Waals surface area (Å²) in [6.07, 6.45) is 0. The first-order valence-corrected chi connectivity index (χ1v) is 11.0. The van der Waals surface area contributed by atoms with Gasteiger partial charge in [0, 0.05) is 61.8 Å². The number of anilines is 2. The fourth-order valence-corrected chi connectivity index (χ4v) is 4.26. The highest BCUT2D eigenvalue weighted by Gasteiger charge is 2.21. The first kappa shape index (κ1) is 20.1. The smallest absolute Gasteiger partial charge is 0.239 e. The average Bonchev–Trinajstić information content (AvgIpc) is 2.79. The Balaban J connectivity index is 2.06. The summed E-state index contributed by atoms with van der Waals surface area (Å²) in [5.74, 6) is 0. The van der Waals surface area contributed by atoms with E-state index in [1.54, 1.807) is 0 Å². The highest BCUT2D eigenvalue weighted by Crippen LogP contribution is 2.25. The van der Waals surface area contributed by atoms with Crippen LogP contribution in [0.15, 0.2) is 66.7 Å². The van der Waals surface area contributed by atoms with Gasteiger partial charge < -0.3 is 9.80 Å². The topological polar surface area (TPSA) is 23.3 Å². The summed E-state index contributed by atoms with van der Waals surface area (Å²) in [4.78, 5) is 9.77. The quantitative estimate of drug-likeness (QED) is 0.309. The SMILES string of the molecule is CCN(CC)c1ccc2nc3ccc(N(CC)CC)cc3[n+](-c3ccccc3)c2c1.